The van der Waals surface area contributed by atoms with E-state index in [0.717, 1.165) is 0 Å². The highest BCUT2D eigenvalue weighted by Crippen LogP contribution is 2.59. The van der Waals surface area contributed by atoms with E-state index in [4.69, 9.17) is 5.11 Å². The molecular weight excluding hydrogens is 288 g/mol. The number of allylic oxidation sites excluding steroid dienone is 2. The van der Waals surface area contributed by atoms with Gasteiger partial charge in [0.1, 0.15) is 5.01 Å². The van der Waals surface area contributed by atoms with Gasteiger partial charge in [0.25, 0.3) is 0 Å². The second-order valence-electron chi connectivity index (χ2n) is 6.22. The van der Waals surface area contributed by atoms with E-state index in [1.54, 1.807) is 0 Å². The lowest BCUT2D eigenvalue weighted by molar-refractivity contribution is -0.123. The van der Waals surface area contributed by atoms with Crippen molar-refractivity contribution in [1.82, 2.24) is 10.3 Å². The van der Waals surface area contributed by atoms with Crippen LogP contribution in [0.15, 0.2) is 17.0 Å². The van der Waals surface area contributed by atoms with Crippen molar-refractivity contribution in [2.24, 2.45) is 17.3 Å². The number of hydrogen-bond acceptors (Lipinski definition) is 4. The van der Waals surface area contributed by atoms with Crippen LogP contribution in [-0.2, 0) is 11.3 Å². The molecule has 6 heteroatoms. The van der Waals surface area contributed by atoms with Gasteiger partial charge in [-0.1, -0.05) is 25.5 Å². The van der Waals surface area contributed by atoms with Gasteiger partial charge in [-0.25, -0.2) is 9.78 Å². The summed E-state index contributed by atoms with van der Waals surface area (Å²) >= 11 is 1.24. The number of aromatic carboxylic acids is 1. The van der Waals surface area contributed by atoms with Crippen LogP contribution in [0.3, 0.4) is 0 Å². The third-order valence-corrected chi connectivity index (χ3v) is 4.74. The minimum absolute atomic E-state index is 0.00887. The molecule has 1 aromatic heterocycles. The van der Waals surface area contributed by atoms with Crippen molar-refractivity contribution in [2.75, 3.05) is 0 Å². The van der Waals surface area contributed by atoms with Gasteiger partial charge in [-0.05, 0) is 25.2 Å². The Morgan fingerprint density at radius 1 is 1.48 bits per heavy atom. The predicted molar refractivity (Wildman–Crippen MR) is 81.1 cm³/mol. The second kappa shape index (κ2) is 5.60. The summed E-state index contributed by atoms with van der Waals surface area (Å²) in [6.07, 6.45) is 2.15. The number of nitrogens with zero attached hydrogens (tertiary/aromatic N) is 1. The van der Waals surface area contributed by atoms with Gasteiger partial charge in [-0.15, -0.1) is 11.3 Å². The Morgan fingerprint density at radius 3 is 2.67 bits per heavy atom. The molecule has 5 nitrogen and oxygen atoms in total. The van der Waals surface area contributed by atoms with Gasteiger partial charge >= 0.3 is 5.97 Å². The maximum atomic E-state index is 12.2. The molecule has 0 spiro atoms. The van der Waals surface area contributed by atoms with Gasteiger partial charge in [0.15, 0.2) is 5.69 Å². The molecular formula is C15H20N2O3S. The predicted octanol–water partition coefficient (Wildman–Crippen LogP) is 2.70. The number of aromatic nitrogens is 1. The molecule has 1 saturated carbocycles. The number of nitrogens with one attached hydrogen (secondary N) is 1. The first-order valence-electron chi connectivity index (χ1n) is 6.84. The van der Waals surface area contributed by atoms with Crippen LogP contribution in [0.1, 0.15) is 43.2 Å². The Hall–Kier alpha value is -1.69. The number of hydrogen-bond donors (Lipinski definition) is 2. The van der Waals surface area contributed by atoms with Crippen LogP contribution in [-0.4, -0.2) is 22.0 Å². The summed E-state index contributed by atoms with van der Waals surface area (Å²) in [5.74, 6) is -0.787. The fraction of sp³-hybridized carbons (Fsp3) is 0.533. The number of rotatable bonds is 5. The summed E-state index contributed by atoms with van der Waals surface area (Å²) in [5.41, 5.74) is 1.23. The van der Waals surface area contributed by atoms with Crippen molar-refractivity contribution in [3.8, 4) is 0 Å². The third kappa shape index (κ3) is 3.32. The molecule has 1 heterocycles. The number of carbonyl (C=O) groups excluding carboxylic acids is 1. The standard InChI is InChI=1S/C15H20N2O3S/c1-8(2)5-9-12(15(9,3)4)13(18)16-6-11-17-10(7-21-11)14(19)20/h5,7,9,12H,6H2,1-4H3,(H,16,18)(H,19,20). The number of carboxylic acid groups (broad SMARTS) is 1. The van der Waals surface area contributed by atoms with Crippen molar-refractivity contribution in [3.63, 3.8) is 0 Å². The van der Waals surface area contributed by atoms with Crippen LogP contribution in [0.2, 0.25) is 0 Å². The van der Waals surface area contributed by atoms with Gasteiger partial charge < -0.3 is 10.4 Å². The van der Waals surface area contributed by atoms with Crippen LogP contribution in [0.4, 0.5) is 0 Å². The summed E-state index contributed by atoms with van der Waals surface area (Å²) in [7, 11) is 0. The molecule has 2 rings (SSSR count). The van der Waals surface area contributed by atoms with E-state index in [9.17, 15) is 9.59 Å². The summed E-state index contributed by atoms with van der Waals surface area (Å²) in [6.45, 7) is 8.53. The van der Waals surface area contributed by atoms with Crippen LogP contribution < -0.4 is 5.32 Å². The minimum atomic E-state index is -1.05. The average molecular weight is 308 g/mol. The van der Waals surface area contributed by atoms with Crippen molar-refractivity contribution in [2.45, 2.75) is 34.2 Å². The minimum Gasteiger partial charge on any atom is -0.476 e. The van der Waals surface area contributed by atoms with Crippen LogP contribution in [0.5, 0.6) is 0 Å². The molecule has 2 atom stereocenters. The highest BCUT2D eigenvalue weighted by Gasteiger charge is 2.60. The van der Waals surface area contributed by atoms with Crippen molar-refractivity contribution in [3.05, 3.63) is 27.7 Å². The fourth-order valence-electron chi connectivity index (χ4n) is 2.61. The molecule has 2 N–H and O–H groups in total. The quantitative estimate of drug-likeness (QED) is 0.820. The molecule has 114 valence electrons. The van der Waals surface area contributed by atoms with E-state index in [-0.39, 0.29) is 35.4 Å². The SMILES string of the molecule is CC(C)=CC1C(C(=O)NCc2nc(C(=O)O)cs2)C1(C)C. The lowest BCUT2D eigenvalue weighted by Gasteiger charge is -2.04. The van der Waals surface area contributed by atoms with Gasteiger partial charge in [0, 0.05) is 5.38 Å². The van der Waals surface area contributed by atoms with E-state index >= 15 is 0 Å². The van der Waals surface area contributed by atoms with E-state index in [1.807, 2.05) is 13.8 Å². The molecule has 1 fully saturated rings. The normalized spacial score (nSPS) is 22.5. The number of thiazole rings is 1. The lowest BCUT2D eigenvalue weighted by Crippen LogP contribution is -2.26. The molecule has 0 aromatic carbocycles. The topological polar surface area (TPSA) is 79.3 Å². The molecule has 1 aromatic rings. The summed E-state index contributed by atoms with van der Waals surface area (Å²) < 4.78 is 0. The largest absolute Gasteiger partial charge is 0.476 e. The van der Waals surface area contributed by atoms with E-state index in [0.29, 0.717) is 5.01 Å². The lowest BCUT2D eigenvalue weighted by atomic mass is 10.1. The zero-order chi connectivity index (χ0) is 15.8. The fourth-order valence-corrected chi connectivity index (χ4v) is 3.32. The zero-order valence-corrected chi connectivity index (χ0v) is 13.5. The van der Waals surface area contributed by atoms with Gasteiger partial charge in [0.05, 0.1) is 12.5 Å². The average Bonchev–Trinajstić information content (AvgIpc) is 2.78. The van der Waals surface area contributed by atoms with Crippen LogP contribution in [0.25, 0.3) is 0 Å². The van der Waals surface area contributed by atoms with Crippen molar-refractivity contribution >= 4 is 23.2 Å². The molecule has 0 aliphatic heterocycles. The monoisotopic (exact) mass is 308 g/mol. The van der Waals surface area contributed by atoms with E-state index in [2.05, 4.69) is 30.2 Å². The van der Waals surface area contributed by atoms with E-state index < -0.39 is 5.97 Å². The summed E-state index contributed by atoms with van der Waals surface area (Å²) in [4.78, 5) is 27.0. The van der Waals surface area contributed by atoms with Gasteiger partial charge in [-0.3, -0.25) is 4.79 Å². The van der Waals surface area contributed by atoms with Gasteiger partial charge in [-0.2, -0.15) is 0 Å². The van der Waals surface area contributed by atoms with Crippen LogP contribution >= 0.6 is 11.3 Å². The van der Waals surface area contributed by atoms with E-state index in [1.165, 1.54) is 22.3 Å². The highest BCUT2D eigenvalue weighted by atomic mass is 32.1. The molecule has 0 radical (unpaired) electrons. The van der Waals surface area contributed by atoms with Crippen molar-refractivity contribution < 1.29 is 14.7 Å². The third-order valence-electron chi connectivity index (χ3n) is 3.89. The molecule has 21 heavy (non-hydrogen) atoms. The second-order valence-corrected chi connectivity index (χ2v) is 7.16. The summed E-state index contributed by atoms with van der Waals surface area (Å²) in [6, 6.07) is 0. The number of amides is 1. The molecule has 2 unspecified atom stereocenters. The number of carboxylic acids is 1. The Bertz CT molecular complexity index is 600. The molecule has 1 aliphatic rings. The first-order valence-corrected chi connectivity index (χ1v) is 7.72. The Balaban J connectivity index is 1.93. The number of carbonyl (C=O) groups is 2. The summed E-state index contributed by atoms with van der Waals surface area (Å²) in [5, 5.41) is 13.8. The Labute approximate surface area is 128 Å². The molecule has 0 bridgehead atoms. The molecule has 0 saturated heterocycles. The first kappa shape index (κ1) is 15.7. The van der Waals surface area contributed by atoms with Crippen LogP contribution in [0, 0.1) is 17.3 Å². The molecule has 1 amide bonds. The zero-order valence-electron chi connectivity index (χ0n) is 12.6. The Kier molecular flexibility index (Phi) is 4.18. The first-order chi connectivity index (χ1) is 9.73. The van der Waals surface area contributed by atoms with Crippen molar-refractivity contribution in [1.29, 1.82) is 0 Å². The maximum Gasteiger partial charge on any atom is 0.355 e. The van der Waals surface area contributed by atoms with Gasteiger partial charge in [0.2, 0.25) is 5.91 Å². The molecule has 1 aliphatic carbocycles. The Morgan fingerprint density at radius 2 is 2.14 bits per heavy atom. The maximum absolute atomic E-state index is 12.2. The highest BCUT2D eigenvalue weighted by molar-refractivity contribution is 7.09. The smallest absolute Gasteiger partial charge is 0.355 e.